The van der Waals surface area contributed by atoms with Crippen LogP contribution < -0.4 is 14.2 Å². The highest BCUT2D eigenvalue weighted by Crippen LogP contribution is 2.54. The molecule has 2 N–H and O–H groups in total. The number of rotatable bonds is 3. The maximum atomic E-state index is 10.6. The first kappa shape index (κ1) is 14.9. The fourth-order valence-corrected chi connectivity index (χ4v) is 3.05. The third kappa shape index (κ3) is 2.01. The van der Waals surface area contributed by atoms with Crippen molar-refractivity contribution >= 4 is 10.8 Å². The van der Waals surface area contributed by atoms with Crippen LogP contribution in [0.3, 0.4) is 0 Å². The third-order valence-electron chi connectivity index (χ3n) is 4.04. The molecule has 0 bridgehead atoms. The summed E-state index contributed by atoms with van der Waals surface area (Å²) in [5, 5.41) is 22.6. The molecule has 0 spiro atoms. The Morgan fingerprint density at radius 1 is 1.05 bits per heavy atom. The monoisotopic (exact) mass is 304 g/mol. The van der Waals surface area contributed by atoms with E-state index in [1.54, 1.807) is 28.1 Å². The van der Waals surface area contributed by atoms with Crippen molar-refractivity contribution in [3.05, 3.63) is 29.8 Å². The van der Waals surface area contributed by atoms with E-state index in [9.17, 15) is 10.2 Å². The van der Waals surface area contributed by atoms with Gasteiger partial charge in [0, 0.05) is 10.8 Å². The van der Waals surface area contributed by atoms with Gasteiger partial charge in [-0.2, -0.15) is 0 Å². The molecule has 1 aliphatic rings. The zero-order valence-electron chi connectivity index (χ0n) is 13.1. The highest BCUT2D eigenvalue weighted by molar-refractivity contribution is 5.97. The molecule has 0 radical (unpaired) electrons. The van der Waals surface area contributed by atoms with Gasteiger partial charge in [0.2, 0.25) is 0 Å². The smallest absolute Gasteiger partial charge is 0.172 e. The Morgan fingerprint density at radius 2 is 1.59 bits per heavy atom. The van der Waals surface area contributed by atoms with E-state index in [4.69, 9.17) is 14.2 Å². The van der Waals surface area contributed by atoms with E-state index in [0.29, 0.717) is 22.8 Å². The molecule has 2 aromatic rings. The normalized spacial score (nSPS) is 20.6. The van der Waals surface area contributed by atoms with Crippen LogP contribution in [0.5, 0.6) is 17.2 Å². The molecule has 0 aromatic heterocycles. The molecule has 22 heavy (non-hydrogen) atoms. The Hall–Kier alpha value is -1.98. The number of aliphatic hydroxyl groups is 2. The molecule has 118 valence electrons. The first-order chi connectivity index (χ1) is 10.4. The fraction of sp³-hybridized carbons (Fsp3) is 0.412. The minimum Gasteiger partial charge on any atom is -0.496 e. The van der Waals surface area contributed by atoms with Crippen LogP contribution in [-0.4, -0.2) is 36.1 Å². The van der Waals surface area contributed by atoms with Crippen LogP contribution in [0, 0.1) is 0 Å². The number of aliphatic hydroxyl groups excluding tert-OH is 1. The van der Waals surface area contributed by atoms with Crippen LogP contribution in [0.25, 0.3) is 10.8 Å². The van der Waals surface area contributed by atoms with Crippen LogP contribution >= 0.6 is 0 Å². The summed E-state index contributed by atoms with van der Waals surface area (Å²) in [5.41, 5.74) is -0.689. The summed E-state index contributed by atoms with van der Waals surface area (Å²) in [5.74, 6) is 1.51. The van der Waals surface area contributed by atoms with Gasteiger partial charge in [0.25, 0.3) is 0 Å². The first-order valence-electron chi connectivity index (χ1n) is 7.13. The van der Waals surface area contributed by atoms with Crippen LogP contribution in [0.15, 0.2) is 24.3 Å². The summed E-state index contributed by atoms with van der Waals surface area (Å²) in [7, 11) is 3.11. The third-order valence-corrected chi connectivity index (χ3v) is 4.04. The lowest BCUT2D eigenvalue weighted by Gasteiger charge is -2.27. The molecule has 0 fully saturated rings. The molecule has 5 heteroatoms. The van der Waals surface area contributed by atoms with Crippen molar-refractivity contribution in [2.75, 3.05) is 14.2 Å². The lowest BCUT2D eigenvalue weighted by molar-refractivity contribution is -0.0767. The van der Waals surface area contributed by atoms with Crippen molar-refractivity contribution < 1.29 is 24.4 Å². The van der Waals surface area contributed by atoms with Crippen molar-refractivity contribution in [1.82, 2.24) is 0 Å². The molecule has 5 nitrogen and oxygen atoms in total. The SMILES string of the molecule is COc1c2c(c(OC)c3ccccc13)[C@@H](O)[C@H](C(C)(C)O)O2. The van der Waals surface area contributed by atoms with E-state index >= 15 is 0 Å². The standard InChI is InChI=1S/C17H20O5/c1-17(2,19)16-12(18)11-13(20-3)9-7-5-6-8-10(9)14(21-4)15(11)22-16/h5-8,12,16,18-19H,1-4H3/t12-,16-/m1/s1. The van der Waals surface area contributed by atoms with Crippen molar-refractivity contribution in [3.8, 4) is 17.2 Å². The molecule has 3 rings (SSSR count). The van der Waals surface area contributed by atoms with Gasteiger partial charge in [-0.15, -0.1) is 0 Å². The zero-order chi connectivity index (χ0) is 16.1. The number of methoxy groups -OCH3 is 2. The summed E-state index contributed by atoms with van der Waals surface area (Å²) in [6, 6.07) is 7.60. The minimum absolute atomic E-state index is 0.428. The molecule has 2 aromatic carbocycles. The molecule has 0 saturated heterocycles. The second kappa shape index (κ2) is 5.04. The van der Waals surface area contributed by atoms with Gasteiger partial charge in [0.1, 0.15) is 11.9 Å². The van der Waals surface area contributed by atoms with Crippen molar-refractivity contribution in [2.45, 2.75) is 31.7 Å². The Labute approximate surface area is 129 Å². The maximum Gasteiger partial charge on any atom is 0.172 e. The Morgan fingerprint density at radius 3 is 2.09 bits per heavy atom. The van der Waals surface area contributed by atoms with Crippen LogP contribution in [0.4, 0.5) is 0 Å². The van der Waals surface area contributed by atoms with E-state index < -0.39 is 17.8 Å². The number of fused-ring (bicyclic) bond motifs is 2. The molecule has 0 amide bonds. The van der Waals surface area contributed by atoms with Gasteiger partial charge >= 0.3 is 0 Å². The molecule has 2 atom stereocenters. The van der Waals surface area contributed by atoms with Gasteiger partial charge in [-0.05, 0) is 13.8 Å². The number of hydrogen-bond acceptors (Lipinski definition) is 5. The molecule has 0 saturated carbocycles. The van der Waals surface area contributed by atoms with Crippen LogP contribution in [-0.2, 0) is 0 Å². The average Bonchev–Trinajstić information content (AvgIpc) is 2.82. The van der Waals surface area contributed by atoms with Gasteiger partial charge in [-0.1, -0.05) is 24.3 Å². The summed E-state index contributed by atoms with van der Waals surface area (Å²) in [6.45, 7) is 3.21. The summed E-state index contributed by atoms with van der Waals surface area (Å²) in [6.07, 6.45) is -1.79. The second-order valence-corrected chi connectivity index (χ2v) is 5.99. The van der Waals surface area contributed by atoms with Gasteiger partial charge in [-0.3, -0.25) is 0 Å². The second-order valence-electron chi connectivity index (χ2n) is 5.99. The lowest BCUT2D eigenvalue weighted by Crippen LogP contribution is -2.41. The lowest BCUT2D eigenvalue weighted by atomic mass is 9.92. The average molecular weight is 304 g/mol. The van der Waals surface area contributed by atoms with Crippen LogP contribution in [0.1, 0.15) is 25.5 Å². The summed E-state index contributed by atoms with van der Waals surface area (Å²) in [4.78, 5) is 0. The Balaban J connectivity index is 2.34. The highest BCUT2D eigenvalue weighted by atomic mass is 16.5. The number of hydrogen-bond donors (Lipinski definition) is 2. The first-order valence-corrected chi connectivity index (χ1v) is 7.13. The number of ether oxygens (including phenoxy) is 3. The largest absolute Gasteiger partial charge is 0.496 e. The Bertz CT molecular complexity index is 717. The van der Waals surface area contributed by atoms with Crippen molar-refractivity contribution in [1.29, 1.82) is 0 Å². The quantitative estimate of drug-likeness (QED) is 0.911. The van der Waals surface area contributed by atoms with Gasteiger partial charge < -0.3 is 24.4 Å². The summed E-state index contributed by atoms with van der Waals surface area (Å²) >= 11 is 0. The predicted molar refractivity (Wildman–Crippen MR) is 82.7 cm³/mol. The molecule has 1 heterocycles. The van der Waals surface area contributed by atoms with Crippen molar-refractivity contribution in [3.63, 3.8) is 0 Å². The molecule has 0 unspecified atom stereocenters. The molecular weight excluding hydrogens is 284 g/mol. The topological polar surface area (TPSA) is 68.2 Å². The summed E-state index contributed by atoms with van der Waals surface area (Å²) < 4.78 is 16.9. The molecule has 1 aliphatic heterocycles. The highest BCUT2D eigenvalue weighted by Gasteiger charge is 2.46. The predicted octanol–water partition coefficient (Wildman–Crippen LogP) is 2.42. The van der Waals surface area contributed by atoms with E-state index in [1.807, 2.05) is 24.3 Å². The maximum absolute atomic E-state index is 10.6. The van der Waals surface area contributed by atoms with Gasteiger partial charge in [-0.25, -0.2) is 0 Å². The van der Waals surface area contributed by atoms with Gasteiger partial charge in [0.15, 0.2) is 17.6 Å². The molecule has 0 aliphatic carbocycles. The van der Waals surface area contributed by atoms with E-state index in [0.717, 1.165) is 10.8 Å². The minimum atomic E-state index is -1.21. The molecular formula is C17H20O5. The Kier molecular flexibility index (Phi) is 3.42. The number of benzene rings is 2. The zero-order valence-corrected chi connectivity index (χ0v) is 13.1. The van der Waals surface area contributed by atoms with E-state index in [2.05, 4.69) is 0 Å². The fourth-order valence-electron chi connectivity index (χ4n) is 3.05. The van der Waals surface area contributed by atoms with E-state index in [1.165, 1.54) is 0 Å². The van der Waals surface area contributed by atoms with E-state index in [-0.39, 0.29) is 0 Å². The van der Waals surface area contributed by atoms with Gasteiger partial charge in [0.05, 0.1) is 25.4 Å². The van der Waals surface area contributed by atoms with Crippen molar-refractivity contribution in [2.24, 2.45) is 0 Å². The van der Waals surface area contributed by atoms with Crippen LogP contribution in [0.2, 0.25) is 0 Å².